The van der Waals surface area contributed by atoms with Crippen LogP contribution in [-0.4, -0.2) is 28.0 Å². The number of ether oxygens (including phenoxy) is 1. The molecule has 0 radical (unpaired) electrons. The zero-order chi connectivity index (χ0) is 29.1. The minimum Gasteiger partial charge on any atom is -0.480 e. The van der Waals surface area contributed by atoms with Crippen molar-refractivity contribution < 1.29 is 23.8 Å². The molecule has 1 aliphatic rings. The predicted molar refractivity (Wildman–Crippen MR) is 162 cm³/mol. The summed E-state index contributed by atoms with van der Waals surface area (Å²) in [6, 6.07) is 17.9. The number of carboxylic acids is 1. The summed E-state index contributed by atoms with van der Waals surface area (Å²) < 4.78 is 12.2. The number of nitrogens with zero attached hydrogens (tertiary/aromatic N) is 1. The number of fused-ring (bicyclic) bond motifs is 1. The largest absolute Gasteiger partial charge is 0.480 e. The van der Waals surface area contributed by atoms with Gasteiger partial charge in [-0.3, -0.25) is 4.79 Å². The normalized spacial score (nSPS) is 14.7. The third-order valence-corrected chi connectivity index (χ3v) is 8.09. The molecule has 4 aromatic rings. The molecule has 1 fully saturated rings. The van der Waals surface area contributed by atoms with Crippen LogP contribution in [0.3, 0.4) is 0 Å². The standard InChI is InChI=1S/C33H35BrN2O5/c1-33(2,3)22-9-12-23(13-10-22)40-24-11-8-21-17-28(35-27(26(21)18-24)16-20-6-4-5-7-20)31(37)36-29(32(38)39)19-25-14-15-30(34)41-25/h8-15,17-18,20,29H,4-7,16,19H2,1-3H3,(H,36,37)(H,38,39)/t29-/m0/s1. The van der Waals surface area contributed by atoms with Gasteiger partial charge in [-0.25, -0.2) is 9.78 Å². The summed E-state index contributed by atoms with van der Waals surface area (Å²) in [7, 11) is 0. The van der Waals surface area contributed by atoms with Crippen LogP contribution in [0.4, 0.5) is 0 Å². The first-order valence-electron chi connectivity index (χ1n) is 14.0. The van der Waals surface area contributed by atoms with Crippen molar-refractivity contribution in [1.29, 1.82) is 0 Å². The molecule has 2 N–H and O–H groups in total. The summed E-state index contributed by atoms with van der Waals surface area (Å²) in [5.74, 6) is 0.735. The predicted octanol–water partition coefficient (Wildman–Crippen LogP) is 7.84. The maximum absolute atomic E-state index is 13.3. The number of aliphatic carboxylic acids is 1. The summed E-state index contributed by atoms with van der Waals surface area (Å²) in [4.78, 5) is 30.0. The Bertz CT molecular complexity index is 1550. The molecule has 2 aromatic carbocycles. The summed E-state index contributed by atoms with van der Waals surface area (Å²) in [5.41, 5.74) is 2.32. The van der Waals surface area contributed by atoms with Crippen LogP contribution in [0.1, 0.15) is 74.0 Å². The fourth-order valence-corrected chi connectivity index (χ4v) is 5.71. The lowest BCUT2D eigenvalue weighted by atomic mass is 9.87. The quantitative estimate of drug-likeness (QED) is 0.198. The van der Waals surface area contributed by atoms with Gasteiger partial charge in [-0.05, 0) is 87.1 Å². The number of aromatic nitrogens is 1. The maximum atomic E-state index is 13.3. The van der Waals surface area contributed by atoms with E-state index in [9.17, 15) is 14.7 Å². The lowest BCUT2D eigenvalue weighted by Gasteiger charge is -2.19. The highest BCUT2D eigenvalue weighted by atomic mass is 79.9. The van der Waals surface area contributed by atoms with E-state index in [1.54, 1.807) is 18.2 Å². The Labute approximate surface area is 248 Å². The molecule has 2 aromatic heterocycles. The number of pyridine rings is 1. The van der Waals surface area contributed by atoms with Crippen molar-refractivity contribution in [3.8, 4) is 11.5 Å². The van der Waals surface area contributed by atoms with Gasteiger partial charge in [0.25, 0.3) is 5.91 Å². The van der Waals surface area contributed by atoms with Gasteiger partial charge in [0.1, 0.15) is 29.0 Å². The van der Waals surface area contributed by atoms with Gasteiger partial charge in [-0.15, -0.1) is 0 Å². The Balaban J connectivity index is 1.42. The molecule has 1 saturated carbocycles. The Kier molecular flexibility index (Phi) is 8.50. The van der Waals surface area contributed by atoms with E-state index in [-0.39, 0.29) is 17.5 Å². The molecule has 1 atom stereocenters. The first-order chi connectivity index (χ1) is 19.5. The molecule has 214 valence electrons. The summed E-state index contributed by atoms with van der Waals surface area (Å²) in [6.07, 6.45) is 5.44. The van der Waals surface area contributed by atoms with Crippen LogP contribution in [0, 0.1) is 5.92 Å². The minimum atomic E-state index is -1.16. The average Bonchev–Trinajstić information content (AvgIpc) is 3.59. The number of hydrogen-bond acceptors (Lipinski definition) is 5. The molecule has 5 rings (SSSR count). The number of halogens is 1. The first-order valence-corrected chi connectivity index (χ1v) is 14.8. The molecule has 0 saturated heterocycles. The Hall–Kier alpha value is -3.65. The number of rotatable bonds is 9. The average molecular weight is 620 g/mol. The Morgan fingerprint density at radius 2 is 1.76 bits per heavy atom. The first kappa shape index (κ1) is 28.9. The summed E-state index contributed by atoms with van der Waals surface area (Å²) in [5, 5.41) is 14.2. The van der Waals surface area contributed by atoms with E-state index in [0.29, 0.717) is 22.1 Å². The van der Waals surface area contributed by atoms with E-state index in [1.807, 2.05) is 30.3 Å². The minimum absolute atomic E-state index is 0.0205. The second-order valence-electron chi connectivity index (χ2n) is 11.8. The third kappa shape index (κ3) is 7.17. The van der Waals surface area contributed by atoms with Crippen LogP contribution in [0.2, 0.25) is 0 Å². The number of furan rings is 1. The Morgan fingerprint density at radius 1 is 1.05 bits per heavy atom. The molecule has 7 nitrogen and oxygen atoms in total. The van der Waals surface area contributed by atoms with E-state index in [4.69, 9.17) is 14.1 Å². The van der Waals surface area contributed by atoms with Crippen molar-refractivity contribution in [2.45, 2.75) is 70.8 Å². The van der Waals surface area contributed by atoms with Gasteiger partial charge < -0.3 is 19.6 Å². The van der Waals surface area contributed by atoms with E-state index in [1.165, 1.54) is 18.4 Å². The highest BCUT2D eigenvalue weighted by Crippen LogP contribution is 2.33. The molecule has 8 heteroatoms. The van der Waals surface area contributed by atoms with Crippen molar-refractivity contribution >= 4 is 38.6 Å². The molecule has 0 aliphatic heterocycles. The van der Waals surface area contributed by atoms with E-state index >= 15 is 0 Å². The monoisotopic (exact) mass is 618 g/mol. The van der Waals surface area contributed by atoms with Crippen LogP contribution in [-0.2, 0) is 23.1 Å². The maximum Gasteiger partial charge on any atom is 0.326 e. The second-order valence-corrected chi connectivity index (χ2v) is 12.6. The Morgan fingerprint density at radius 3 is 2.39 bits per heavy atom. The SMILES string of the molecule is CC(C)(C)c1ccc(Oc2ccc3cc(C(=O)N[C@@H](Cc4ccc(Br)o4)C(=O)O)nc(CC4CCCC4)c3c2)cc1. The fourth-order valence-electron chi connectivity index (χ4n) is 5.37. The van der Waals surface area contributed by atoms with Gasteiger partial charge >= 0.3 is 5.97 Å². The van der Waals surface area contributed by atoms with Crippen LogP contribution >= 0.6 is 15.9 Å². The second kappa shape index (κ2) is 12.1. The molecule has 1 aliphatic carbocycles. The number of benzene rings is 2. The number of nitrogens with one attached hydrogen (secondary N) is 1. The zero-order valence-corrected chi connectivity index (χ0v) is 25.2. The molecule has 0 bridgehead atoms. The summed E-state index contributed by atoms with van der Waals surface area (Å²) >= 11 is 3.23. The van der Waals surface area contributed by atoms with Gasteiger partial charge in [0.05, 0.1) is 0 Å². The van der Waals surface area contributed by atoms with E-state index in [2.05, 4.69) is 54.2 Å². The molecule has 41 heavy (non-hydrogen) atoms. The van der Waals surface area contributed by atoms with E-state index in [0.717, 1.165) is 41.5 Å². The van der Waals surface area contributed by atoms with Crippen molar-refractivity contribution in [2.75, 3.05) is 0 Å². The van der Waals surface area contributed by atoms with Crippen molar-refractivity contribution in [1.82, 2.24) is 10.3 Å². The number of hydrogen-bond donors (Lipinski definition) is 2. The molecular formula is C33H35BrN2O5. The number of carbonyl (C=O) groups excluding carboxylic acids is 1. The lowest BCUT2D eigenvalue weighted by molar-refractivity contribution is -0.139. The topological polar surface area (TPSA) is 102 Å². The number of carbonyl (C=O) groups is 2. The van der Waals surface area contributed by atoms with Gasteiger partial charge in [0, 0.05) is 17.5 Å². The fraction of sp³-hybridized carbons (Fsp3) is 0.364. The van der Waals surface area contributed by atoms with Crippen molar-refractivity contribution in [3.05, 3.63) is 88.0 Å². The van der Waals surface area contributed by atoms with Crippen LogP contribution in [0.5, 0.6) is 11.5 Å². The highest BCUT2D eigenvalue weighted by Gasteiger charge is 2.25. The van der Waals surface area contributed by atoms with E-state index < -0.39 is 17.9 Å². The molecule has 2 heterocycles. The lowest BCUT2D eigenvalue weighted by Crippen LogP contribution is -2.42. The van der Waals surface area contributed by atoms with Crippen molar-refractivity contribution in [3.63, 3.8) is 0 Å². The smallest absolute Gasteiger partial charge is 0.326 e. The molecular weight excluding hydrogens is 584 g/mol. The van der Waals surface area contributed by atoms with Crippen LogP contribution in [0.15, 0.2) is 69.8 Å². The zero-order valence-electron chi connectivity index (χ0n) is 23.6. The van der Waals surface area contributed by atoms with Gasteiger partial charge in [0.2, 0.25) is 0 Å². The van der Waals surface area contributed by atoms with Gasteiger partial charge in [-0.1, -0.05) is 64.7 Å². The highest BCUT2D eigenvalue weighted by molar-refractivity contribution is 9.10. The van der Waals surface area contributed by atoms with Crippen molar-refractivity contribution in [2.24, 2.45) is 5.92 Å². The number of carboxylic acid groups (broad SMARTS) is 1. The van der Waals surface area contributed by atoms with Crippen LogP contribution in [0.25, 0.3) is 10.8 Å². The number of amides is 1. The molecule has 0 unspecified atom stereocenters. The third-order valence-electron chi connectivity index (χ3n) is 7.67. The summed E-state index contributed by atoms with van der Waals surface area (Å²) in [6.45, 7) is 6.54. The molecule has 1 amide bonds. The van der Waals surface area contributed by atoms with Gasteiger partial charge in [-0.2, -0.15) is 0 Å². The van der Waals surface area contributed by atoms with Gasteiger partial charge in [0.15, 0.2) is 4.67 Å². The molecule has 0 spiro atoms. The van der Waals surface area contributed by atoms with Crippen LogP contribution < -0.4 is 10.1 Å².